The lowest BCUT2D eigenvalue weighted by Gasteiger charge is -2.53. The highest BCUT2D eigenvalue weighted by molar-refractivity contribution is 5.62. The number of aliphatic hydroxyl groups is 1. The van der Waals surface area contributed by atoms with Crippen molar-refractivity contribution in [1.82, 2.24) is 5.32 Å². The molecule has 1 fully saturated rings. The third-order valence-corrected chi connectivity index (χ3v) is 6.90. The average Bonchev–Trinajstić information content (AvgIpc) is 3.04. The second-order valence-electron chi connectivity index (χ2n) is 8.20. The fourth-order valence-electron chi connectivity index (χ4n) is 5.82. The summed E-state index contributed by atoms with van der Waals surface area (Å²) < 4.78 is 12.6. The molecule has 0 radical (unpaired) electrons. The van der Waals surface area contributed by atoms with Gasteiger partial charge in [0.05, 0.1) is 0 Å². The molecule has 2 aliphatic carbocycles. The van der Waals surface area contributed by atoms with Gasteiger partial charge in [0.2, 0.25) is 0 Å². The first-order chi connectivity index (χ1) is 13.3. The molecule has 138 valence electrons. The maximum Gasteiger partial charge on any atom is 0.166 e. The summed E-state index contributed by atoms with van der Waals surface area (Å²) in [5.41, 5.74) is 3.65. The highest BCUT2D eigenvalue weighted by Gasteiger charge is 2.63. The van der Waals surface area contributed by atoms with Crippen LogP contribution in [0.5, 0.6) is 11.5 Å². The van der Waals surface area contributed by atoms with Crippen LogP contribution in [0.4, 0.5) is 0 Å². The third-order valence-electron chi connectivity index (χ3n) is 6.90. The largest absolute Gasteiger partial charge is 0.485 e. The van der Waals surface area contributed by atoms with Gasteiger partial charge in [-0.25, -0.2) is 0 Å². The molecule has 1 spiro atoms. The molecule has 2 aromatic rings. The minimum absolute atomic E-state index is 0.126. The lowest BCUT2D eigenvalue weighted by atomic mass is 9.54. The number of benzene rings is 2. The number of aliphatic hydroxyl groups excluding tert-OH is 1. The minimum atomic E-state index is -0.569. The van der Waals surface area contributed by atoms with E-state index in [2.05, 4.69) is 29.6 Å². The molecule has 5 atom stereocenters. The first kappa shape index (κ1) is 15.7. The number of ether oxygens (including phenoxy) is 2. The van der Waals surface area contributed by atoms with Crippen LogP contribution in [-0.2, 0) is 18.4 Å². The zero-order valence-corrected chi connectivity index (χ0v) is 15.1. The SMILES string of the molecule is O[C@H]1C=CC2[C@H]3Cc4ccc(OCc5ccccc5)c5c4[C@@]2(CCN3)[C@H]1O5. The summed E-state index contributed by atoms with van der Waals surface area (Å²) in [6, 6.07) is 14.9. The lowest BCUT2D eigenvalue weighted by Crippen LogP contribution is -2.64. The Bertz CT molecular complexity index is 925. The summed E-state index contributed by atoms with van der Waals surface area (Å²) in [6.07, 6.45) is 5.35. The highest BCUT2D eigenvalue weighted by atomic mass is 16.5. The number of hydrogen-bond donors (Lipinski definition) is 2. The number of nitrogens with one attached hydrogen (secondary N) is 1. The predicted octanol–water partition coefficient (Wildman–Crippen LogP) is 2.73. The molecular weight excluding hydrogens is 338 g/mol. The quantitative estimate of drug-likeness (QED) is 0.826. The fraction of sp³-hybridized carbons (Fsp3) is 0.391. The molecule has 2 N–H and O–H groups in total. The molecule has 6 rings (SSSR count). The van der Waals surface area contributed by atoms with Gasteiger partial charge in [-0.2, -0.15) is 0 Å². The van der Waals surface area contributed by atoms with E-state index < -0.39 is 6.10 Å². The van der Waals surface area contributed by atoms with Gasteiger partial charge in [0.25, 0.3) is 0 Å². The summed E-state index contributed by atoms with van der Waals surface area (Å²) in [5.74, 6) is 2.03. The first-order valence-corrected chi connectivity index (χ1v) is 9.87. The standard InChI is InChI=1S/C23H23NO3/c25-18-8-7-16-17-12-15-6-9-19(26-13-14-4-2-1-3-5-14)21-20(15)23(16,10-11-24-17)22(18)27-21/h1-9,16-18,22,24-25H,10-13H2/t16?,17-,18+,22+,23+/m1/s1. The summed E-state index contributed by atoms with van der Waals surface area (Å²) in [7, 11) is 0. The summed E-state index contributed by atoms with van der Waals surface area (Å²) in [5, 5.41) is 14.4. The highest BCUT2D eigenvalue weighted by Crippen LogP contribution is 2.61. The molecule has 2 heterocycles. The van der Waals surface area contributed by atoms with Crippen molar-refractivity contribution in [1.29, 1.82) is 0 Å². The van der Waals surface area contributed by atoms with Crippen molar-refractivity contribution in [2.45, 2.75) is 43.1 Å². The zero-order valence-electron chi connectivity index (χ0n) is 15.1. The van der Waals surface area contributed by atoms with Crippen LogP contribution in [0.1, 0.15) is 23.1 Å². The van der Waals surface area contributed by atoms with E-state index in [9.17, 15) is 5.11 Å². The second kappa shape index (κ2) is 5.60. The monoisotopic (exact) mass is 361 g/mol. The summed E-state index contributed by atoms with van der Waals surface area (Å²) >= 11 is 0. The molecule has 2 aromatic carbocycles. The molecule has 1 unspecified atom stereocenters. The molecule has 2 aliphatic heterocycles. The maximum absolute atomic E-state index is 10.7. The van der Waals surface area contributed by atoms with E-state index in [-0.39, 0.29) is 11.5 Å². The Morgan fingerprint density at radius 1 is 1.15 bits per heavy atom. The van der Waals surface area contributed by atoms with Crippen molar-refractivity contribution in [3.8, 4) is 11.5 Å². The van der Waals surface area contributed by atoms with Crippen molar-refractivity contribution in [3.05, 3.63) is 71.3 Å². The molecule has 0 aromatic heterocycles. The Morgan fingerprint density at radius 2 is 2.04 bits per heavy atom. The Hall–Kier alpha value is -2.30. The molecule has 1 saturated heterocycles. The number of piperidine rings is 1. The zero-order chi connectivity index (χ0) is 18.0. The molecule has 27 heavy (non-hydrogen) atoms. The first-order valence-electron chi connectivity index (χ1n) is 9.87. The molecule has 2 bridgehead atoms. The smallest absolute Gasteiger partial charge is 0.166 e. The van der Waals surface area contributed by atoms with E-state index in [1.807, 2.05) is 30.3 Å². The molecular formula is C23H23NO3. The van der Waals surface area contributed by atoms with Gasteiger partial charge in [-0.1, -0.05) is 48.6 Å². The summed E-state index contributed by atoms with van der Waals surface area (Å²) in [4.78, 5) is 0. The van der Waals surface area contributed by atoms with Crippen LogP contribution < -0.4 is 14.8 Å². The molecule has 0 saturated carbocycles. The van der Waals surface area contributed by atoms with Crippen LogP contribution >= 0.6 is 0 Å². The molecule has 4 aliphatic rings. The van der Waals surface area contributed by atoms with E-state index in [1.165, 1.54) is 11.1 Å². The van der Waals surface area contributed by atoms with Gasteiger partial charge in [0, 0.05) is 22.9 Å². The fourth-order valence-corrected chi connectivity index (χ4v) is 5.82. The second-order valence-corrected chi connectivity index (χ2v) is 8.20. The number of rotatable bonds is 3. The van der Waals surface area contributed by atoms with Gasteiger partial charge in [0.15, 0.2) is 11.5 Å². The van der Waals surface area contributed by atoms with Crippen LogP contribution in [0, 0.1) is 5.92 Å². The van der Waals surface area contributed by atoms with Gasteiger partial charge in [-0.3, -0.25) is 0 Å². The van der Waals surface area contributed by atoms with Crippen molar-refractivity contribution >= 4 is 0 Å². The van der Waals surface area contributed by atoms with E-state index >= 15 is 0 Å². The minimum Gasteiger partial charge on any atom is -0.485 e. The van der Waals surface area contributed by atoms with Crippen LogP contribution in [0.15, 0.2) is 54.6 Å². The Balaban J connectivity index is 1.45. The van der Waals surface area contributed by atoms with Crippen molar-refractivity contribution in [3.63, 3.8) is 0 Å². The summed E-state index contributed by atoms with van der Waals surface area (Å²) in [6.45, 7) is 1.48. The van der Waals surface area contributed by atoms with Crippen LogP contribution in [0.25, 0.3) is 0 Å². The van der Waals surface area contributed by atoms with Gasteiger partial charge >= 0.3 is 0 Å². The van der Waals surface area contributed by atoms with Gasteiger partial charge in [-0.05, 0) is 36.6 Å². The van der Waals surface area contributed by atoms with Gasteiger partial charge in [0.1, 0.15) is 18.8 Å². The van der Waals surface area contributed by atoms with E-state index in [0.717, 1.165) is 36.4 Å². The van der Waals surface area contributed by atoms with E-state index in [4.69, 9.17) is 9.47 Å². The van der Waals surface area contributed by atoms with Crippen LogP contribution in [0.3, 0.4) is 0 Å². The topological polar surface area (TPSA) is 50.7 Å². The van der Waals surface area contributed by atoms with Crippen LogP contribution in [-0.4, -0.2) is 29.9 Å². The third kappa shape index (κ3) is 2.05. The van der Waals surface area contributed by atoms with Gasteiger partial charge in [-0.15, -0.1) is 0 Å². The lowest BCUT2D eigenvalue weighted by molar-refractivity contribution is -0.0179. The molecule has 4 heteroatoms. The average molecular weight is 361 g/mol. The number of hydrogen-bond acceptors (Lipinski definition) is 4. The predicted molar refractivity (Wildman–Crippen MR) is 102 cm³/mol. The molecule has 4 nitrogen and oxygen atoms in total. The van der Waals surface area contributed by atoms with Gasteiger partial charge < -0.3 is 19.9 Å². The van der Waals surface area contributed by atoms with E-state index in [0.29, 0.717) is 18.6 Å². The molecule has 0 amide bonds. The maximum atomic E-state index is 10.7. The normalized spacial score (nSPS) is 34.7. The van der Waals surface area contributed by atoms with Crippen molar-refractivity contribution < 1.29 is 14.6 Å². The van der Waals surface area contributed by atoms with Crippen LogP contribution in [0.2, 0.25) is 0 Å². The Labute approximate surface area is 158 Å². The Kier molecular flexibility index (Phi) is 3.26. The Morgan fingerprint density at radius 3 is 2.93 bits per heavy atom. The van der Waals surface area contributed by atoms with E-state index in [1.54, 1.807) is 0 Å². The van der Waals surface area contributed by atoms with Crippen molar-refractivity contribution in [2.75, 3.05) is 6.54 Å². The van der Waals surface area contributed by atoms with Crippen molar-refractivity contribution in [2.24, 2.45) is 5.92 Å².